The van der Waals surface area contributed by atoms with E-state index in [4.69, 9.17) is 0 Å². The van der Waals surface area contributed by atoms with Gasteiger partial charge in [0.05, 0.1) is 4.91 Å². The summed E-state index contributed by atoms with van der Waals surface area (Å²) in [7, 11) is 0. The largest absolute Gasteiger partial charge is 0.343 e. The molecule has 1 aromatic heterocycles. The Morgan fingerprint density at radius 3 is 2.47 bits per heavy atom. The van der Waals surface area contributed by atoms with Gasteiger partial charge in [0.15, 0.2) is 0 Å². The molecule has 4 nitrogen and oxygen atoms in total. The van der Waals surface area contributed by atoms with Crippen LogP contribution >= 0.6 is 11.8 Å². The van der Waals surface area contributed by atoms with Crippen LogP contribution in [0.4, 0.5) is 4.79 Å². The highest BCUT2D eigenvalue weighted by molar-refractivity contribution is 8.18. The first kappa shape index (κ1) is 18.5. The maximum atomic E-state index is 11.9. The van der Waals surface area contributed by atoms with Crippen LogP contribution in [0, 0.1) is 0 Å². The zero-order valence-corrected chi connectivity index (χ0v) is 16.9. The van der Waals surface area contributed by atoms with Gasteiger partial charge in [-0.05, 0) is 52.2 Å². The van der Waals surface area contributed by atoms with Crippen LogP contribution in [0.1, 0.15) is 11.1 Å². The number of hydrogen-bond acceptors (Lipinski definition) is 3. The van der Waals surface area contributed by atoms with E-state index in [1.165, 1.54) is 16.7 Å². The van der Waals surface area contributed by atoms with E-state index in [0.717, 1.165) is 34.8 Å². The minimum Gasteiger partial charge on any atom is -0.343 e. The van der Waals surface area contributed by atoms with Gasteiger partial charge < -0.3 is 4.57 Å². The van der Waals surface area contributed by atoms with E-state index in [-0.39, 0.29) is 11.1 Å². The van der Waals surface area contributed by atoms with Crippen LogP contribution in [-0.4, -0.2) is 15.7 Å². The fraction of sp³-hybridized carbons (Fsp3) is 0.0400. The maximum Gasteiger partial charge on any atom is 0.290 e. The molecule has 5 rings (SSSR count). The van der Waals surface area contributed by atoms with E-state index in [2.05, 4.69) is 76.7 Å². The second-order valence-electron chi connectivity index (χ2n) is 7.10. The molecule has 1 aliphatic rings. The summed E-state index contributed by atoms with van der Waals surface area (Å²) in [5.41, 5.74) is 5.66. The van der Waals surface area contributed by atoms with E-state index in [1.807, 2.05) is 18.2 Å². The van der Waals surface area contributed by atoms with Gasteiger partial charge in [0.1, 0.15) is 0 Å². The van der Waals surface area contributed by atoms with Crippen molar-refractivity contribution < 1.29 is 9.59 Å². The highest BCUT2D eigenvalue weighted by atomic mass is 32.2. The maximum absolute atomic E-state index is 11.9. The zero-order chi connectivity index (χ0) is 20.5. The Kier molecular flexibility index (Phi) is 4.73. The van der Waals surface area contributed by atoms with Gasteiger partial charge in [-0.2, -0.15) is 0 Å². The standard InChI is InChI=1S/C25H18N2O2S/c28-24-23(30-25(29)26-24)15-18-10-6-12-22-21(18)13-14-27(22)16-19-9-4-5-11-20(19)17-7-2-1-3-8-17/h1-15H,16H2,(H,26,28,29). The first-order chi connectivity index (χ1) is 14.7. The van der Waals surface area contributed by atoms with Crippen molar-refractivity contribution in [3.05, 3.63) is 101 Å². The van der Waals surface area contributed by atoms with Crippen molar-refractivity contribution >= 4 is 39.9 Å². The number of nitrogens with zero attached hydrogens (tertiary/aromatic N) is 1. The third-order valence-corrected chi connectivity index (χ3v) is 6.03. The minimum absolute atomic E-state index is 0.325. The quantitative estimate of drug-likeness (QED) is 0.440. The number of thioether (sulfide) groups is 1. The lowest BCUT2D eigenvalue weighted by Crippen LogP contribution is -2.17. The molecule has 2 amide bonds. The van der Waals surface area contributed by atoms with Crippen molar-refractivity contribution in [2.75, 3.05) is 0 Å². The van der Waals surface area contributed by atoms with Gasteiger partial charge in [-0.3, -0.25) is 14.9 Å². The molecule has 1 N–H and O–H groups in total. The van der Waals surface area contributed by atoms with Crippen LogP contribution in [-0.2, 0) is 11.3 Å². The summed E-state index contributed by atoms with van der Waals surface area (Å²) >= 11 is 0.941. The molecule has 0 radical (unpaired) electrons. The summed E-state index contributed by atoms with van der Waals surface area (Å²) < 4.78 is 2.21. The number of benzene rings is 3. The van der Waals surface area contributed by atoms with Crippen molar-refractivity contribution in [2.24, 2.45) is 0 Å². The molecule has 2 heterocycles. The molecular weight excluding hydrogens is 392 g/mol. The lowest BCUT2D eigenvalue weighted by atomic mass is 9.99. The average Bonchev–Trinajstić information content (AvgIpc) is 3.32. The van der Waals surface area contributed by atoms with Crippen molar-refractivity contribution in [3.8, 4) is 11.1 Å². The summed E-state index contributed by atoms with van der Waals surface area (Å²) in [5, 5.41) is 3.03. The van der Waals surface area contributed by atoms with Gasteiger partial charge in [-0.25, -0.2) is 0 Å². The normalized spacial score (nSPS) is 15.1. The second kappa shape index (κ2) is 7.69. The number of aromatic nitrogens is 1. The molecule has 0 bridgehead atoms. The number of carbonyl (C=O) groups excluding carboxylic acids is 2. The number of imide groups is 1. The number of fused-ring (bicyclic) bond motifs is 1. The van der Waals surface area contributed by atoms with Crippen LogP contribution in [0.15, 0.2) is 90.0 Å². The molecule has 0 saturated carbocycles. The van der Waals surface area contributed by atoms with Gasteiger partial charge in [-0.15, -0.1) is 0 Å². The van der Waals surface area contributed by atoms with Crippen LogP contribution in [0.5, 0.6) is 0 Å². The van der Waals surface area contributed by atoms with Crippen molar-refractivity contribution in [2.45, 2.75) is 6.54 Å². The van der Waals surface area contributed by atoms with E-state index >= 15 is 0 Å². The first-order valence-electron chi connectivity index (χ1n) is 9.65. The predicted octanol–water partition coefficient (Wildman–Crippen LogP) is 5.68. The molecule has 30 heavy (non-hydrogen) atoms. The van der Waals surface area contributed by atoms with Gasteiger partial charge in [0.25, 0.3) is 11.1 Å². The van der Waals surface area contributed by atoms with Crippen LogP contribution < -0.4 is 5.32 Å². The molecule has 1 saturated heterocycles. The minimum atomic E-state index is -0.335. The molecule has 1 fully saturated rings. The Labute approximate surface area is 178 Å². The van der Waals surface area contributed by atoms with E-state index < -0.39 is 0 Å². The van der Waals surface area contributed by atoms with Crippen LogP contribution in [0.2, 0.25) is 0 Å². The molecule has 5 heteroatoms. The monoisotopic (exact) mass is 410 g/mol. The number of hydrogen-bond donors (Lipinski definition) is 1. The van der Waals surface area contributed by atoms with E-state index in [1.54, 1.807) is 6.08 Å². The smallest absolute Gasteiger partial charge is 0.290 e. The second-order valence-corrected chi connectivity index (χ2v) is 8.11. The topological polar surface area (TPSA) is 51.1 Å². The molecule has 4 aromatic rings. The Bertz CT molecular complexity index is 1310. The van der Waals surface area contributed by atoms with Crippen molar-refractivity contribution in [1.29, 1.82) is 0 Å². The molecule has 1 aliphatic heterocycles. The van der Waals surface area contributed by atoms with Gasteiger partial charge >= 0.3 is 0 Å². The molecule has 0 spiro atoms. The molecular formula is C25H18N2O2S. The Hall–Kier alpha value is -3.57. The SMILES string of the molecule is O=C1NC(=O)C(=Cc2cccc3c2ccn3Cc2ccccc2-c2ccccc2)S1. The van der Waals surface area contributed by atoms with Gasteiger partial charge in [0.2, 0.25) is 0 Å². The fourth-order valence-electron chi connectivity index (χ4n) is 3.81. The molecule has 3 aromatic carbocycles. The van der Waals surface area contributed by atoms with Crippen molar-refractivity contribution in [3.63, 3.8) is 0 Å². The number of carbonyl (C=O) groups is 2. The first-order valence-corrected chi connectivity index (χ1v) is 10.5. The van der Waals surface area contributed by atoms with Gasteiger partial charge in [0, 0.05) is 23.6 Å². The van der Waals surface area contributed by atoms with Crippen LogP contribution in [0.3, 0.4) is 0 Å². The summed E-state index contributed by atoms with van der Waals surface area (Å²) in [6.45, 7) is 0.738. The summed E-state index contributed by atoms with van der Waals surface area (Å²) in [5.74, 6) is -0.335. The third-order valence-electron chi connectivity index (χ3n) is 5.22. The molecule has 0 aliphatic carbocycles. The zero-order valence-electron chi connectivity index (χ0n) is 16.0. The summed E-state index contributed by atoms with van der Waals surface area (Å²) in [4.78, 5) is 23.8. The summed E-state index contributed by atoms with van der Waals surface area (Å²) in [6.07, 6.45) is 3.86. The molecule has 146 valence electrons. The lowest BCUT2D eigenvalue weighted by molar-refractivity contribution is -0.115. The lowest BCUT2D eigenvalue weighted by Gasteiger charge is -2.12. The number of nitrogens with one attached hydrogen (secondary N) is 1. The fourth-order valence-corrected chi connectivity index (χ4v) is 4.49. The summed E-state index contributed by atoms with van der Waals surface area (Å²) in [6, 6.07) is 26.9. The molecule has 0 unspecified atom stereocenters. The number of amides is 2. The third kappa shape index (κ3) is 3.44. The Morgan fingerprint density at radius 1 is 0.867 bits per heavy atom. The van der Waals surface area contributed by atoms with Gasteiger partial charge in [-0.1, -0.05) is 66.7 Å². The predicted molar refractivity (Wildman–Crippen MR) is 122 cm³/mol. The number of rotatable bonds is 4. The highest BCUT2D eigenvalue weighted by Gasteiger charge is 2.25. The van der Waals surface area contributed by atoms with Crippen molar-refractivity contribution in [1.82, 2.24) is 9.88 Å². The van der Waals surface area contributed by atoms with E-state index in [9.17, 15) is 9.59 Å². The molecule has 0 atom stereocenters. The Morgan fingerprint density at radius 2 is 1.67 bits per heavy atom. The van der Waals surface area contributed by atoms with Crippen LogP contribution in [0.25, 0.3) is 28.1 Å². The average molecular weight is 410 g/mol. The highest BCUT2D eigenvalue weighted by Crippen LogP contribution is 2.30. The Balaban J connectivity index is 1.53. The van der Waals surface area contributed by atoms with E-state index in [0.29, 0.717) is 4.91 Å².